The molecule has 0 aliphatic heterocycles. The molecule has 72 heavy (non-hydrogen) atoms. The SMILES string of the molecule is CC/C=C\C/C=C\C/C=C\C/C=C\C/C=C\C/C=C\C/C=C\C/C=C\C/C=C\C/C=C\CCCCCCCCCCCCC(=O)OC(COC(=O)CCCCCCCCC)COP(=O)(O)OCC[N+](C)(C)C. The van der Waals surface area contributed by atoms with Crippen LogP contribution in [0.5, 0.6) is 0 Å². The first kappa shape index (κ1) is 68.4. The van der Waals surface area contributed by atoms with Crippen molar-refractivity contribution in [3.63, 3.8) is 0 Å². The number of hydrogen-bond acceptors (Lipinski definition) is 7. The van der Waals surface area contributed by atoms with Gasteiger partial charge in [-0.05, 0) is 89.9 Å². The smallest absolute Gasteiger partial charge is 0.462 e. The molecule has 9 nitrogen and oxygen atoms in total. The molecule has 0 rings (SSSR count). The highest BCUT2D eigenvalue weighted by Crippen LogP contribution is 2.43. The third kappa shape index (κ3) is 55.7. The number of nitrogens with zero attached hydrogens (tertiary/aromatic N) is 1. The molecule has 0 radical (unpaired) electrons. The highest BCUT2D eigenvalue weighted by molar-refractivity contribution is 7.47. The average molecular weight is 1020 g/mol. The molecule has 0 aromatic heterocycles. The number of rotatable bonds is 50. The van der Waals surface area contributed by atoms with Gasteiger partial charge in [0.1, 0.15) is 19.8 Å². The summed E-state index contributed by atoms with van der Waals surface area (Å²) in [6.45, 7) is 4.24. The summed E-state index contributed by atoms with van der Waals surface area (Å²) in [4.78, 5) is 35.3. The van der Waals surface area contributed by atoms with Crippen molar-refractivity contribution in [3.05, 3.63) is 122 Å². The molecular formula is C62H105NO8P+. The van der Waals surface area contributed by atoms with Crippen LogP contribution in [0.1, 0.15) is 206 Å². The summed E-state index contributed by atoms with van der Waals surface area (Å²) in [5.41, 5.74) is 0. The Kier molecular flexibility index (Phi) is 49.7. The van der Waals surface area contributed by atoms with E-state index >= 15 is 0 Å². The first-order valence-corrected chi connectivity index (χ1v) is 29.8. The summed E-state index contributed by atoms with van der Waals surface area (Å²) in [7, 11) is 1.46. The second-order valence-electron chi connectivity index (χ2n) is 19.6. The Morgan fingerprint density at radius 1 is 0.444 bits per heavy atom. The van der Waals surface area contributed by atoms with Gasteiger partial charge in [0, 0.05) is 12.8 Å². The number of phosphoric ester groups is 1. The van der Waals surface area contributed by atoms with Crippen molar-refractivity contribution in [2.24, 2.45) is 0 Å². The van der Waals surface area contributed by atoms with Gasteiger partial charge in [-0.15, -0.1) is 0 Å². The number of hydrogen-bond donors (Lipinski definition) is 1. The number of likely N-dealkylation sites (N-methyl/N-ethyl adjacent to an activating group) is 1. The Morgan fingerprint density at radius 2 is 0.792 bits per heavy atom. The van der Waals surface area contributed by atoms with E-state index in [1.54, 1.807) is 0 Å². The van der Waals surface area contributed by atoms with Crippen LogP contribution in [-0.4, -0.2) is 74.9 Å². The molecule has 0 aromatic carbocycles. The highest BCUT2D eigenvalue weighted by Gasteiger charge is 2.27. The lowest BCUT2D eigenvalue weighted by Crippen LogP contribution is -2.37. The third-order valence-electron chi connectivity index (χ3n) is 11.5. The molecule has 0 fully saturated rings. The normalized spacial score (nSPS) is 14.2. The standard InChI is InChI=1S/C62H104NO8P/c1-6-8-10-12-14-15-16-17-18-19-20-21-22-23-24-25-26-27-28-29-30-31-32-33-34-35-36-37-38-39-40-41-42-43-44-45-46-47-49-51-53-55-62(65)71-60(59-70-72(66,67)69-57-56-63(3,4)5)58-68-61(64)54-52-50-48-13-11-9-7-2/h8,10,14-15,17-18,20-21,23-24,26-27,29-30,32-33,35-36,38-39,60H,6-7,9,11-13,16,19,22,25,28,31,34,37,40-59H2,1-5H3/p+1/b10-8-,15-14-,18-17-,21-20-,24-23-,27-26-,30-29-,33-32-,36-35-,39-38-. The van der Waals surface area contributed by atoms with Crippen LogP contribution in [0.3, 0.4) is 0 Å². The second-order valence-corrected chi connectivity index (χ2v) is 21.0. The molecule has 0 bridgehead atoms. The van der Waals surface area contributed by atoms with Crippen LogP contribution in [0.4, 0.5) is 0 Å². The zero-order valence-electron chi connectivity index (χ0n) is 46.4. The molecule has 0 saturated heterocycles. The van der Waals surface area contributed by atoms with Gasteiger partial charge in [-0.2, -0.15) is 0 Å². The van der Waals surface area contributed by atoms with Gasteiger partial charge in [0.05, 0.1) is 27.7 Å². The molecule has 2 atom stereocenters. The first-order chi connectivity index (χ1) is 35.0. The summed E-state index contributed by atoms with van der Waals surface area (Å²) in [6, 6.07) is 0. The van der Waals surface area contributed by atoms with E-state index in [2.05, 4.69) is 135 Å². The van der Waals surface area contributed by atoms with E-state index in [0.29, 0.717) is 17.4 Å². The van der Waals surface area contributed by atoms with Gasteiger partial charge >= 0.3 is 19.8 Å². The number of unbranched alkanes of at least 4 members (excludes halogenated alkanes) is 16. The van der Waals surface area contributed by atoms with Crippen molar-refractivity contribution >= 4 is 19.8 Å². The van der Waals surface area contributed by atoms with Crippen molar-refractivity contribution in [1.29, 1.82) is 0 Å². The maximum absolute atomic E-state index is 12.7. The van der Waals surface area contributed by atoms with Gasteiger partial charge in [0.2, 0.25) is 0 Å². The van der Waals surface area contributed by atoms with Crippen molar-refractivity contribution in [2.45, 2.75) is 213 Å². The lowest BCUT2D eigenvalue weighted by Gasteiger charge is -2.24. The third-order valence-corrected chi connectivity index (χ3v) is 12.5. The van der Waals surface area contributed by atoms with Crippen molar-refractivity contribution in [2.75, 3.05) is 47.5 Å². The molecule has 0 spiro atoms. The molecule has 0 aliphatic carbocycles. The van der Waals surface area contributed by atoms with Crippen LogP contribution in [-0.2, 0) is 32.7 Å². The number of phosphoric acid groups is 1. The quantitative estimate of drug-likeness (QED) is 0.0211. The van der Waals surface area contributed by atoms with Gasteiger partial charge in [-0.3, -0.25) is 18.6 Å². The van der Waals surface area contributed by atoms with Crippen LogP contribution in [0.2, 0.25) is 0 Å². The Bertz CT molecular complexity index is 1630. The van der Waals surface area contributed by atoms with E-state index in [-0.39, 0.29) is 32.0 Å². The maximum atomic E-state index is 12.7. The topological polar surface area (TPSA) is 108 Å². The van der Waals surface area contributed by atoms with Crippen molar-refractivity contribution in [1.82, 2.24) is 0 Å². The molecule has 2 unspecified atom stereocenters. The molecule has 1 N–H and O–H groups in total. The van der Waals surface area contributed by atoms with Crippen LogP contribution in [0.15, 0.2) is 122 Å². The second kappa shape index (κ2) is 52.3. The summed E-state index contributed by atoms with van der Waals surface area (Å²) in [5, 5.41) is 0. The highest BCUT2D eigenvalue weighted by atomic mass is 31.2. The van der Waals surface area contributed by atoms with E-state index in [0.717, 1.165) is 109 Å². The summed E-state index contributed by atoms with van der Waals surface area (Å²) >= 11 is 0. The largest absolute Gasteiger partial charge is 0.472 e. The fraction of sp³-hybridized carbons (Fsp3) is 0.645. The van der Waals surface area contributed by atoms with E-state index in [1.807, 2.05) is 21.1 Å². The van der Waals surface area contributed by atoms with Crippen LogP contribution in [0, 0.1) is 0 Å². The minimum absolute atomic E-state index is 0.0267. The maximum Gasteiger partial charge on any atom is 0.472 e. The minimum Gasteiger partial charge on any atom is -0.462 e. The van der Waals surface area contributed by atoms with Crippen molar-refractivity contribution in [3.8, 4) is 0 Å². The zero-order valence-corrected chi connectivity index (χ0v) is 47.3. The number of esters is 2. The molecule has 410 valence electrons. The van der Waals surface area contributed by atoms with E-state index in [9.17, 15) is 19.0 Å². The van der Waals surface area contributed by atoms with Crippen LogP contribution in [0.25, 0.3) is 0 Å². The van der Waals surface area contributed by atoms with Gasteiger partial charge < -0.3 is 18.9 Å². The number of quaternary nitrogens is 1. The van der Waals surface area contributed by atoms with E-state index in [1.165, 1.54) is 64.2 Å². The number of ether oxygens (including phenoxy) is 2. The predicted octanol–water partition coefficient (Wildman–Crippen LogP) is 17.6. The van der Waals surface area contributed by atoms with E-state index in [4.69, 9.17) is 18.5 Å². The zero-order chi connectivity index (χ0) is 52.7. The molecule has 10 heteroatoms. The number of carbonyl (C=O) groups excluding carboxylic acids is 2. The van der Waals surface area contributed by atoms with Gasteiger partial charge in [0.15, 0.2) is 6.10 Å². The van der Waals surface area contributed by atoms with Gasteiger partial charge in [0.25, 0.3) is 0 Å². The lowest BCUT2D eigenvalue weighted by molar-refractivity contribution is -0.870. The molecule has 0 heterocycles. The predicted molar refractivity (Wildman–Crippen MR) is 307 cm³/mol. The van der Waals surface area contributed by atoms with Crippen molar-refractivity contribution < 1.29 is 42.1 Å². The van der Waals surface area contributed by atoms with Gasteiger partial charge in [-0.25, -0.2) is 4.57 Å². The van der Waals surface area contributed by atoms with Gasteiger partial charge in [-0.1, -0.05) is 225 Å². The Hall–Kier alpha value is -3.59. The summed E-state index contributed by atoms with van der Waals surface area (Å²) < 4.78 is 34.3. The summed E-state index contributed by atoms with van der Waals surface area (Å²) in [5.74, 6) is -0.816. The van der Waals surface area contributed by atoms with Crippen LogP contribution >= 0.6 is 7.82 Å². The number of allylic oxidation sites excluding steroid dienone is 20. The lowest BCUT2D eigenvalue weighted by atomic mass is 10.0. The number of carbonyl (C=O) groups is 2. The Labute approximate surface area is 441 Å². The first-order valence-electron chi connectivity index (χ1n) is 28.3. The van der Waals surface area contributed by atoms with Crippen LogP contribution < -0.4 is 0 Å². The minimum atomic E-state index is -4.38. The molecule has 0 amide bonds. The molecule has 0 aromatic rings. The molecule has 0 saturated carbocycles. The molecular weight excluding hydrogens is 918 g/mol. The Balaban J connectivity index is 3.98. The fourth-order valence-corrected chi connectivity index (χ4v) is 7.90. The van der Waals surface area contributed by atoms with E-state index < -0.39 is 26.5 Å². The summed E-state index contributed by atoms with van der Waals surface area (Å²) in [6.07, 6.45) is 74.5. The Morgan fingerprint density at radius 3 is 1.18 bits per heavy atom. The average Bonchev–Trinajstić information content (AvgIpc) is 3.34. The molecule has 0 aliphatic rings. The monoisotopic (exact) mass is 1020 g/mol. The fourth-order valence-electron chi connectivity index (χ4n) is 7.16.